The summed E-state index contributed by atoms with van der Waals surface area (Å²) in [6.07, 6.45) is 9.94. The Hall–Kier alpha value is -0.670. The molecule has 1 aliphatic rings. The standard InChI is InChI=1S/C13H22O3/c1-2-3-4-5-6-7-10-15-13-12(14)9-8-11-16-13/h8-9,13H,2-7,10-11H2,1H3/t13-/m1/s1. The molecule has 0 aromatic heterocycles. The molecule has 3 heteroatoms. The van der Waals surface area contributed by atoms with E-state index in [9.17, 15) is 4.79 Å². The molecule has 3 nitrogen and oxygen atoms in total. The summed E-state index contributed by atoms with van der Waals surface area (Å²) < 4.78 is 10.6. The van der Waals surface area contributed by atoms with E-state index in [0.29, 0.717) is 13.2 Å². The largest absolute Gasteiger partial charge is 0.346 e. The highest BCUT2D eigenvalue weighted by Gasteiger charge is 2.19. The molecule has 0 N–H and O–H groups in total. The van der Waals surface area contributed by atoms with Crippen molar-refractivity contribution >= 4 is 5.78 Å². The van der Waals surface area contributed by atoms with Crippen molar-refractivity contribution in [2.24, 2.45) is 0 Å². The number of hydrogen-bond donors (Lipinski definition) is 0. The molecule has 0 aromatic rings. The monoisotopic (exact) mass is 226 g/mol. The van der Waals surface area contributed by atoms with Crippen LogP contribution in [0.2, 0.25) is 0 Å². The van der Waals surface area contributed by atoms with Crippen LogP contribution in [0, 0.1) is 0 Å². The number of unbranched alkanes of at least 4 members (excludes halogenated alkanes) is 5. The molecular weight excluding hydrogens is 204 g/mol. The van der Waals surface area contributed by atoms with E-state index in [2.05, 4.69) is 6.92 Å². The molecule has 0 spiro atoms. The molecule has 1 aliphatic heterocycles. The van der Waals surface area contributed by atoms with E-state index in [4.69, 9.17) is 9.47 Å². The minimum absolute atomic E-state index is 0.0720. The van der Waals surface area contributed by atoms with Gasteiger partial charge < -0.3 is 9.47 Å². The minimum Gasteiger partial charge on any atom is -0.346 e. The fraction of sp³-hybridized carbons (Fsp3) is 0.769. The third kappa shape index (κ3) is 5.42. The second-order valence-electron chi connectivity index (χ2n) is 4.11. The van der Waals surface area contributed by atoms with Gasteiger partial charge in [0.15, 0.2) is 0 Å². The van der Waals surface area contributed by atoms with E-state index in [1.54, 1.807) is 6.08 Å². The number of ether oxygens (including phenoxy) is 2. The van der Waals surface area contributed by atoms with Gasteiger partial charge in [-0.2, -0.15) is 0 Å². The predicted octanol–water partition coefficient (Wildman–Crippen LogP) is 2.85. The first-order valence-electron chi connectivity index (χ1n) is 6.28. The lowest BCUT2D eigenvalue weighted by atomic mass is 10.1. The van der Waals surface area contributed by atoms with Crippen molar-refractivity contribution < 1.29 is 14.3 Å². The highest BCUT2D eigenvalue weighted by Crippen LogP contribution is 2.08. The van der Waals surface area contributed by atoms with Gasteiger partial charge in [0.1, 0.15) is 0 Å². The smallest absolute Gasteiger partial charge is 0.222 e. The zero-order valence-corrected chi connectivity index (χ0v) is 10.1. The molecular formula is C13H22O3. The van der Waals surface area contributed by atoms with Crippen LogP contribution in [-0.2, 0) is 14.3 Å². The van der Waals surface area contributed by atoms with Crippen LogP contribution in [0.25, 0.3) is 0 Å². The zero-order chi connectivity index (χ0) is 11.6. The van der Waals surface area contributed by atoms with E-state index in [-0.39, 0.29) is 5.78 Å². The first-order chi connectivity index (χ1) is 7.84. The average molecular weight is 226 g/mol. The molecule has 92 valence electrons. The Labute approximate surface area is 97.8 Å². The summed E-state index contributed by atoms with van der Waals surface area (Å²) in [5, 5.41) is 0. The normalized spacial score (nSPS) is 20.3. The van der Waals surface area contributed by atoms with Crippen LogP contribution in [-0.4, -0.2) is 25.3 Å². The van der Waals surface area contributed by atoms with E-state index < -0.39 is 6.29 Å². The quantitative estimate of drug-likeness (QED) is 0.597. The van der Waals surface area contributed by atoms with Gasteiger partial charge in [-0.25, -0.2) is 0 Å². The summed E-state index contributed by atoms with van der Waals surface area (Å²) in [7, 11) is 0. The van der Waals surface area contributed by atoms with Crippen molar-refractivity contribution in [2.75, 3.05) is 13.2 Å². The van der Waals surface area contributed by atoms with Crippen LogP contribution in [0.3, 0.4) is 0 Å². The molecule has 1 rings (SSSR count). The number of ketones is 1. The maximum absolute atomic E-state index is 11.3. The molecule has 0 unspecified atom stereocenters. The Bertz CT molecular complexity index is 223. The lowest BCUT2D eigenvalue weighted by molar-refractivity contribution is -0.165. The van der Waals surface area contributed by atoms with E-state index in [0.717, 1.165) is 6.42 Å². The molecule has 0 saturated carbocycles. The number of carbonyl (C=O) groups excluding carboxylic acids is 1. The summed E-state index contributed by atoms with van der Waals surface area (Å²) in [5.74, 6) is -0.0720. The van der Waals surface area contributed by atoms with Crippen LogP contribution in [0.15, 0.2) is 12.2 Å². The Morgan fingerprint density at radius 3 is 2.81 bits per heavy atom. The van der Waals surface area contributed by atoms with Crippen LogP contribution in [0.5, 0.6) is 0 Å². The summed E-state index contributed by atoms with van der Waals surface area (Å²) in [4.78, 5) is 11.3. The second-order valence-corrected chi connectivity index (χ2v) is 4.11. The van der Waals surface area contributed by atoms with Crippen LogP contribution < -0.4 is 0 Å². The van der Waals surface area contributed by atoms with Gasteiger partial charge in [0.25, 0.3) is 0 Å². The molecule has 0 aliphatic carbocycles. The molecule has 0 aromatic carbocycles. The van der Waals surface area contributed by atoms with Gasteiger partial charge in [0.2, 0.25) is 12.1 Å². The van der Waals surface area contributed by atoms with Gasteiger partial charge in [-0.15, -0.1) is 0 Å². The topological polar surface area (TPSA) is 35.5 Å². The van der Waals surface area contributed by atoms with Gasteiger partial charge in [-0.1, -0.05) is 45.1 Å². The molecule has 0 saturated heterocycles. The van der Waals surface area contributed by atoms with Crippen LogP contribution >= 0.6 is 0 Å². The van der Waals surface area contributed by atoms with Gasteiger partial charge in [0, 0.05) is 0 Å². The maximum Gasteiger partial charge on any atom is 0.222 e. The summed E-state index contributed by atoms with van der Waals surface area (Å²) >= 11 is 0. The Morgan fingerprint density at radius 2 is 2.06 bits per heavy atom. The summed E-state index contributed by atoms with van der Waals surface area (Å²) in [6, 6.07) is 0. The fourth-order valence-corrected chi connectivity index (χ4v) is 1.67. The lowest BCUT2D eigenvalue weighted by Crippen LogP contribution is -2.29. The average Bonchev–Trinajstić information content (AvgIpc) is 2.30. The zero-order valence-electron chi connectivity index (χ0n) is 10.1. The van der Waals surface area contributed by atoms with Gasteiger partial charge >= 0.3 is 0 Å². The summed E-state index contributed by atoms with van der Waals surface area (Å²) in [6.45, 7) is 3.31. The highest BCUT2D eigenvalue weighted by molar-refractivity contribution is 5.93. The van der Waals surface area contributed by atoms with Crippen molar-refractivity contribution in [1.29, 1.82) is 0 Å². The van der Waals surface area contributed by atoms with Crippen molar-refractivity contribution in [3.63, 3.8) is 0 Å². The van der Waals surface area contributed by atoms with Crippen LogP contribution in [0.1, 0.15) is 45.4 Å². The molecule has 1 atom stereocenters. The first kappa shape index (κ1) is 13.4. The summed E-state index contributed by atoms with van der Waals surface area (Å²) in [5.41, 5.74) is 0. The van der Waals surface area contributed by atoms with Gasteiger partial charge in [-0.3, -0.25) is 4.79 Å². The highest BCUT2D eigenvalue weighted by atomic mass is 16.7. The minimum atomic E-state index is -0.652. The Balaban J connectivity index is 1.94. The van der Waals surface area contributed by atoms with Crippen molar-refractivity contribution in [1.82, 2.24) is 0 Å². The van der Waals surface area contributed by atoms with E-state index in [1.165, 1.54) is 38.2 Å². The van der Waals surface area contributed by atoms with Gasteiger partial charge in [-0.05, 0) is 12.5 Å². The maximum atomic E-state index is 11.3. The van der Waals surface area contributed by atoms with Gasteiger partial charge in [0.05, 0.1) is 13.2 Å². The number of rotatable bonds is 8. The predicted molar refractivity (Wildman–Crippen MR) is 63.2 cm³/mol. The SMILES string of the molecule is CCCCCCCCO[C@@H]1OCC=CC1=O. The Morgan fingerprint density at radius 1 is 1.31 bits per heavy atom. The Kier molecular flexibility index (Phi) is 7.10. The van der Waals surface area contributed by atoms with Crippen molar-refractivity contribution in [3.05, 3.63) is 12.2 Å². The molecule has 0 bridgehead atoms. The third-order valence-corrected chi connectivity index (χ3v) is 2.63. The second kappa shape index (κ2) is 8.48. The number of carbonyl (C=O) groups is 1. The van der Waals surface area contributed by atoms with Crippen molar-refractivity contribution in [3.8, 4) is 0 Å². The molecule has 1 heterocycles. The molecule has 0 radical (unpaired) electrons. The first-order valence-corrected chi connectivity index (χ1v) is 6.28. The third-order valence-electron chi connectivity index (χ3n) is 2.63. The molecule has 0 fully saturated rings. The molecule has 0 amide bonds. The van der Waals surface area contributed by atoms with E-state index >= 15 is 0 Å². The van der Waals surface area contributed by atoms with Crippen LogP contribution in [0.4, 0.5) is 0 Å². The fourth-order valence-electron chi connectivity index (χ4n) is 1.67. The van der Waals surface area contributed by atoms with Crippen molar-refractivity contribution in [2.45, 2.75) is 51.7 Å². The van der Waals surface area contributed by atoms with E-state index in [1.807, 2.05) is 0 Å². The lowest BCUT2D eigenvalue weighted by Gasteiger charge is -2.17. The molecule has 16 heavy (non-hydrogen) atoms. The number of hydrogen-bond acceptors (Lipinski definition) is 3.